The van der Waals surface area contributed by atoms with Gasteiger partial charge >= 0.3 is 5.97 Å². The summed E-state index contributed by atoms with van der Waals surface area (Å²) in [6.07, 6.45) is 0. The Kier molecular flexibility index (Phi) is 3.93. The van der Waals surface area contributed by atoms with Crippen LogP contribution in [0.5, 0.6) is 5.75 Å². The fourth-order valence-electron chi connectivity index (χ4n) is 1.61. The van der Waals surface area contributed by atoms with E-state index >= 15 is 0 Å². The molecule has 0 aromatic heterocycles. The van der Waals surface area contributed by atoms with E-state index in [0.717, 1.165) is 24.3 Å². The molecule has 0 saturated carbocycles. The molecule has 0 amide bonds. The van der Waals surface area contributed by atoms with Gasteiger partial charge in [0.1, 0.15) is 18.2 Å². The summed E-state index contributed by atoms with van der Waals surface area (Å²) in [5.74, 6) is -3.84. The van der Waals surface area contributed by atoms with Crippen LogP contribution in [-0.2, 0) is 6.61 Å². The first-order chi connectivity index (χ1) is 9.45. The van der Waals surface area contributed by atoms with Crippen LogP contribution in [0.2, 0.25) is 0 Å². The highest BCUT2D eigenvalue weighted by molar-refractivity contribution is 5.87. The molecule has 2 aromatic carbocycles. The number of hydrogen-bond acceptors (Lipinski definition) is 2. The predicted molar refractivity (Wildman–Crippen MR) is 64.0 cm³/mol. The van der Waals surface area contributed by atoms with Gasteiger partial charge in [-0.1, -0.05) is 0 Å². The van der Waals surface area contributed by atoms with E-state index in [1.165, 1.54) is 6.07 Å². The van der Waals surface area contributed by atoms with Gasteiger partial charge in [-0.2, -0.15) is 0 Å². The van der Waals surface area contributed by atoms with Crippen LogP contribution in [-0.4, -0.2) is 11.1 Å². The molecule has 104 valence electrons. The lowest BCUT2D eigenvalue weighted by Crippen LogP contribution is -2.02. The molecule has 0 saturated heterocycles. The van der Waals surface area contributed by atoms with E-state index in [0.29, 0.717) is 6.07 Å². The molecule has 2 rings (SSSR count). The molecule has 0 unspecified atom stereocenters. The molecule has 3 nitrogen and oxygen atoms in total. The second-order valence-electron chi connectivity index (χ2n) is 4.02. The van der Waals surface area contributed by atoms with Crippen LogP contribution < -0.4 is 4.74 Å². The minimum absolute atomic E-state index is 0.201. The van der Waals surface area contributed by atoms with Gasteiger partial charge in [0, 0.05) is 6.07 Å². The molecule has 0 fully saturated rings. The zero-order valence-corrected chi connectivity index (χ0v) is 10.1. The van der Waals surface area contributed by atoms with Crippen LogP contribution >= 0.6 is 0 Å². The minimum Gasteiger partial charge on any atom is -0.486 e. The van der Waals surface area contributed by atoms with Crippen molar-refractivity contribution in [3.8, 4) is 5.75 Å². The fraction of sp³-hybridized carbons (Fsp3) is 0.0714. The molecule has 0 bridgehead atoms. The van der Waals surface area contributed by atoms with Crippen LogP contribution in [0.4, 0.5) is 13.2 Å². The topological polar surface area (TPSA) is 46.5 Å². The van der Waals surface area contributed by atoms with Gasteiger partial charge in [0.15, 0.2) is 11.6 Å². The molecular weight excluding hydrogens is 273 g/mol. The van der Waals surface area contributed by atoms with Crippen molar-refractivity contribution in [2.75, 3.05) is 0 Å². The Labute approximate surface area is 112 Å². The van der Waals surface area contributed by atoms with Crippen molar-refractivity contribution < 1.29 is 27.8 Å². The maximum atomic E-state index is 13.3. The fourth-order valence-corrected chi connectivity index (χ4v) is 1.61. The van der Waals surface area contributed by atoms with E-state index in [-0.39, 0.29) is 23.5 Å². The molecule has 20 heavy (non-hydrogen) atoms. The number of carboxylic acid groups (broad SMARTS) is 1. The normalized spacial score (nSPS) is 10.3. The highest BCUT2D eigenvalue weighted by atomic mass is 19.1. The Morgan fingerprint density at radius 2 is 1.80 bits per heavy atom. The zero-order valence-electron chi connectivity index (χ0n) is 10.1. The summed E-state index contributed by atoms with van der Waals surface area (Å²) in [5.41, 5.74) is -0.00527. The quantitative estimate of drug-likeness (QED) is 0.935. The summed E-state index contributed by atoms with van der Waals surface area (Å²) < 4.78 is 44.3. The van der Waals surface area contributed by atoms with Gasteiger partial charge in [0.2, 0.25) is 0 Å². The number of rotatable bonds is 4. The number of carboxylic acids is 1. The van der Waals surface area contributed by atoms with Gasteiger partial charge in [0.25, 0.3) is 0 Å². The maximum Gasteiger partial charge on any atom is 0.335 e. The van der Waals surface area contributed by atoms with E-state index in [2.05, 4.69) is 0 Å². The van der Waals surface area contributed by atoms with Crippen molar-refractivity contribution in [2.24, 2.45) is 0 Å². The lowest BCUT2D eigenvalue weighted by Gasteiger charge is -2.08. The van der Waals surface area contributed by atoms with Crippen molar-refractivity contribution >= 4 is 5.97 Å². The average Bonchev–Trinajstić information content (AvgIpc) is 2.37. The first-order valence-corrected chi connectivity index (χ1v) is 5.56. The lowest BCUT2D eigenvalue weighted by atomic mass is 10.1. The second kappa shape index (κ2) is 5.64. The number of carbonyl (C=O) groups is 1. The van der Waals surface area contributed by atoms with Crippen molar-refractivity contribution in [1.82, 2.24) is 0 Å². The molecular formula is C14H9F3O3. The van der Waals surface area contributed by atoms with Gasteiger partial charge in [-0.3, -0.25) is 0 Å². The molecule has 0 radical (unpaired) electrons. The Hall–Kier alpha value is -2.50. The van der Waals surface area contributed by atoms with Crippen LogP contribution in [0.3, 0.4) is 0 Å². The van der Waals surface area contributed by atoms with Crippen LogP contribution in [0, 0.1) is 17.5 Å². The van der Waals surface area contributed by atoms with Gasteiger partial charge in [-0.25, -0.2) is 18.0 Å². The monoisotopic (exact) mass is 282 g/mol. The third-order valence-corrected chi connectivity index (χ3v) is 2.49. The maximum absolute atomic E-state index is 13.3. The number of hydrogen-bond donors (Lipinski definition) is 1. The molecule has 0 aliphatic heterocycles. The van der Waals surface area contributed by atoms with Crippen LogP contribution in [0.1, 0.15) is 15.9 Å². The van der Waals surface area contributed by atoms with E-state index in [4.69, 9.17) is 9.84 Å². The summed E-state index contributed by atoms with van der Waals surface area (Å²) in [6, 6.07) is 5.93. The van der Waals surface area contributed by atoms with Crippen molar-refractivity contribution in [3.05, 3.63) is 65.0 Å². The predicted octanol–water partition coefficient (Wildman–Crippen LogP) is 3.38. The summed E-state index contributed by atoms with van der Waals surface area (Å²) in [5, 5.41) is 8.78. The van der Waals surface area contributed by atoms with Crippen LogP contribution in [0.25, 0.3) is 0 Å². The van der Waals surface area contributed by atoms with Crippen LogP contribution in [0.15, 0.2) is 36.4 Å². The summed E-state index contributed by atoms with van der Waals surface area (Å²) in [4.78, 5) is 10.8. The summed E-state index contributed by atoms with van der Waals surface area (Å²) in [7, 11) is 0. The van der Waals surface area contributed by atoms with E-state index in [1.54, 1.807) is 0 Å². The van der Waals surface area contributed by atoms with E-state index < -0.39 is 23.4 Å². The average molecular weight is 282 g/mol. The van der Waals surface area contributed by atoms with Crippen molar-refractivity contribution in [2.45, 2.75) is 6.61 Å². The number of ether oxygens (including phenoxy) is 1. The second-order valence-corrected chi connectivity index (χ2v) is 4.02. The molecule has 0 aliphatic carbocycles. The van der Waals surface area contributed by atoms with Gasteiger partial charge in [-0.05, 0) is 35.9 Å². The molecule has 6 heteroatoms. The standard InChI is InChI=1S/C14H9F3O3/c15-10-1-2-13(12(17)6-10)20-7-8-3-9(14(18)19)5-11(16)4-8/h1-6H,7H2,(H,18,19). The number of benzene rings is 2. The lowest BCUT2D eigenvalue weighted by molar-refractivity contribution is 0.0696. The van der Waals surface area contributed by atoms with E-state index in [1.807, 2.05) is 0 Å². The number of aromatic carboxylic acids is 1. The van der Waals surface area contributed by atoms with Gasteiger partial charge in [0.05, 0.1) is 5.56 Å². The van der Waals surface area contributed by atoms with Gasteiger partial charge in [-0.15, -0.1) is 0 Å². The first-order valence-electron chi connectivity index (χ1n) is 5.56. The van der Waals surface area contributed by atoms with Crippen molar-refractivity contribution in [3.63, 3.8) is 0 Å². The molecule has 0 aliphatic rings. The Morgan fingerprint density at radius 3 is 2.45 bits per heavy atom. The van der Waals surface area contributed by atoms with Crippen molar-refractivity contribution in [1.29, 1.82) is 0 Å². The minimum atomic E-state index is -1.28. The number of halogens is 3. The SMILES string of the molecule is O=C(O)c1cc(F)cc(COc2ccc(F)cc2F)c1. The van der Waals surface area contributed by atoms with Gasteiger partial charge < -0.3 is 9.84 Å². The molecule has 2 aromatic rings. The smallest absolute Gasteiger partial charge is 0.335 e. The Morgan fingerprint density at radius 1 is 1.05 bits per heavy atom. The summed E-state index contributed by atoms with van der Waals surface area (Å²) in [6.45, 7) is -0.236. The Balaban J connectivity index is 2.16. The first kappa shape index (κ1) is 13.9. The highest BCUT2D eigenvalue weighted by Crippen LogP contribution is 2.19. The Bertz CT molecular complexity index is 656. The highest BCUT2D eigenvalue weighted by Gasteiger charge is 2.09. The third-order valence-electron chi connectivity index (χ3n) is 2.49. The zero-order chi connectivity index (χ0) is 14.7. The summed E-state index contributed by atoms with van der Waals surface area (Å²) >= 11 is 0. The molecule has 1 N–H and O–H groups in total. The molecule has 0 atom stereocenters. The third kappa shape index (κ3) is 3.28. The molecule has 0 heterocycles. The van der Waals surface area contributed by atoms with E-state index in [9.17, 15) is 18.0 Å². The molecule has 0 spiro atoms. The largest absolute Gasteiger partial charge is 0.486 e.